The standard InChI is InChI=1S/C14H22N2O/c1-15-10-6-7-13(15)8-9-14(17)16-11-4-2-3-5-12-16/h6-7,10H,2-5,8-9,11-12H2,1H3. The molecule has 2 heterocycles. The average Bonchev–Trinajstić information content (AvgIpc) is 2.58. The van der Waals surface area contributed by atoms with Crippen molar-refractivity contribution in [1.29, 1.82) is 0 Å². The topological polar surface area (TPSA) is 25.2 Å². The molecule has 17 heavy (non-hydrogen) atoms. The number of carbonyl (C=O) groups is 1. The quantitative estimate of drug-likeness (QED) is 0.788. The van der Waals surface area contributed by atoms with Crippen molar-refractivity contribution in [3.05, 3.63) is 24.0 Å². The van der Waals surface area contributed by atoms with Crippen molar-refractivity contribution in [3.63, 3.8) is 0 Å². The molecule has 0 radical (unpaired) electrons. The number of carbonyl (C=O) groups excluding carboxylic acids is 1. The third-order valence-corrected chi connectivity index (χ3v) is 3.61. The van der Waals surface area contributed by atoms with E-state index in [4.69, 9.17) is 0 Å². The molecule has 0 atom stereocenters. The van der Waals surface area contributed by atoms with Crippen molar-refractivity contribution in [2.75, 3.05) is 13.1 Å². The van der Waals surface area contributed by atoms with Crippen LogP contribution in [-0.4, -0.2) is 28.5 Å². The smallest absolute Gasteiger partial charge is 0.222 e. The summed E-state index contributed by atoms with van der Waals surface area (Å²) >= 11 is 0. The minimum absolute atomic E-state index is 0.327. The lowest BCUT2D eigenvalue weighted by molar-refractivity contribution is -0.131. The number of aromatic nitrogens is 1. The fourth-order valence-electron chi connectivity index (χ4n) is 2.47. The van der Waals surface area contributed by atoms with Crippen LogP contribution in [0.15, 0.2) is 18.3 Å². The van der Waals surface area contributed by atoms with E-state index in [1.807, 2.05) is 19.3 Å². The van der Waals surface area contributed by atoms with Gasteiger partial charge in [0, 0.05) is 38.4 Å². The van der Waals surface area contributed by atoms with Gasteiger partial charge in [0.1, 0.15) is 0 Å². The molecule has 1 aliphatic rings. The number of hydrogen-bond donors (Lipinski definition) is 0. The number of likely N-dealkylation sites (tertiary alicyclic amines) is 1. The molecule has 94 valence electrons. The molecule has 0 unspecified atom stereocenters. The van der Waals surface area contributed by atoms with Crippen molar-refractivity contribution in [2.45, 2.75) is 38.5 Å². The largest absolute Gasteiger partial charge is 0.354 e. The van der Waals surface area contributed by atoms with Crippen LogP contribution in [0.2, 0.25) is 0 Å². The van der Waals surface area contributed by atoms with Gasteiger partial charge in [-0.3, -0.25) is 4.79 Å². The Labute approximate surface area is 103 Å². The molecule has 0 bridgehead atoms. The molecular weight excluding hydrogens is 212 g/mol. The number of rotatable bonds is 3. The molecule has 0 saturated carbocycles. The van der Waals surface area contributed by atoms with Crippen LogP contribution in [0.25, 0.3) is 0 Å². The van der Waals surface area contributed by atoms with E-state index >= 15 is 0 Å². The van der Waals surface area contributed by atoms with Crippen molar-refractivity contribution >= 4 is 5.91 Å². The summed E-state index contributed by atoms with van der Waals surface area (Å²) in [7, 11) is 2.03. The summed E-state index contributed by atoms with van der Waals surface area (Å²) in [5, 5.41) is 0. The zero-order valence-corrected chi connectivity index (χ0v) is 10.7. The van der Waals surface area contributed by atoms with E-state index in [0.717, 1.165) is 19.5 Å². The van der Waals surface area contributed by atoms with Crippen LogP contribution in [0.4, 0.5) is 0 Å². The van der Waals surface area contributed by atoms with Crippen LogP contribution in [0.1, 0.15) is 37.8 Å². The van der Waals surface area contributed by atoms with Crippen molar-refractivity contribution in [1.82, 2.24) is 9.47 Å². The molecule has 1 fully saturated rings. The summed E-state index contributed by atoms with van der Waals surface area (Å²) in [5.41, 5.74) is 1.24. The summed E-state index contributed by atoms with van der Waals surface area (Å²) in [6.45, 7) is 1.93. The second-order valence-electron chi connectivity index (χ2n) is 4.91. The lowest BCUT2D eigenvalue weighted by atomic mass is 10.2. The van der Waals surface area contributed by atoms with E-state index < -0.39 is 0 Å². The maximum Gasteiger partial charge on any atom is 0.222 e. The van der Waals surface area contributed by atoms with E-state index in [1.165, 1.54) is 31.4 Å². The van der Waals surface area contributed by atoms with Gasteiger partial charge in [-0.2, -0.15) is 0 Å². The lowest BCUT2D eigenvalue weighted by Crippen LogP contribution is -2.32. The summed E-state index contributed by atoms with van der Waals surface area (Å²) in [6, 6.07) is 4.13. The molecular formula is C14H22N2O. The number of aryl methyl sites for hydroxylation is 2. The monoisotopic (exact) mass is 234 g/mol. The van der Waals surface area contributed by atoms with Gasteiger partial charge in [0.2, 0.25) is 5.91 Å². The molecule has 3 heteroatoms. The molecule has 0 N–H and O–H groups in total. The Morgan fingerprint density at radius 2 is 1.94 bits per heavy atom. The van der Waals surface area contributed by atoms with Gasteiger partial charge in [-0.25, -0.2) is 0 Å². The van der Waals surface area contributed by atoms with Gasteiger partial charge < -0.3 is 9.47 Å². The molecule has 1 aromatic heterocycles. The zero-order chi connectivity index (χ0) is 12.1. The van der Waals surface area contributed by atoms with Gasteiger partial charge in [-0.1, -0.05) is 12.8 Å². The molecule has 1 aromatic rings. The molecule has 1 aliphatic heterocycles. The maximum atomic E-state index is 12.1. The number of amides is 1. The third-order valence-electron chi connectivity index (χ3n) is 3.61. The van der Waals surface area contributed by atoms with E-state index in [2.05, 4.69) is 15.5 Å². The highest BCUT2D eigenvalue weighted by Crippen LogP contribution is 2.12. The summed E-state index contributed by atoms with van der Waals surface area (Å²) < 4.78 is 2.09. The summed E-state index contributed by atoms with van der Waals surface area (Å²) in [5.74, 6) is 0.327. The van der Waals surface area contributed by atoms with Gasteiger partial charge in [-0.15, -0.1) is 0 Å². The third kappa shape index (κ3) is 3.35. The van der Waals surface area contributed by atoms with E-state index in [0.29, 0.717) is 12.3 Å². The van der Waals surface area contributed by atoms with Gasteiger partial charge in [0.05, 0.1) is 0 Å². The molecule has 1 saturated heterocycles. The van der Waals surface area contributed by atoms with Crippen molar-refractivity contribution < 1.29 is 4.79 Å². The van der Waals surface area contributed by atoms with Crippen molar-refractivity contribution in [3.8, 4) is 0 Å². The molecule has 0 spiro atoms. The fraction of sp³-hybridized carbons (Fsp3) is 0.643. The highest BCUT2D eigenvalue weighted by Gasteiger charge is 2.15. The normalized spacial score (nSPS) is 16.9. The van der Waals surface area contributed by atoms with E-state index in [-0.39, 0.29) is 0 Å². The SMILES string of the molecule is Cn1cccc1CCC(=O)N1CCCCCC1. The molecule has 0 aromatic carbocycles. The number of hydrogen-bond acceptors (Lipinski definition) is 1. The van der Waals surface area contributed by atoms with Crippen LogP contribution in [-0.2, 0) is 18.3 Å². The van der Waals surface area contributed by atoms with Crippen LogP contribution in [0, 0.1) is 0 Å². The summed E-state index contributed by atoms with van der Waals surface area (Å²) in [4.78, 5) is 14.1. The van der Waals surface area contributed by atoms with Gasteiger partial charge in [0.15, 0.2) is 0 Å². The molecule has 3 nitrogen and oxygen atoms in total. The Morgan fingerprint density at radius 3 is 2.53 bits per heavy atom. The second kappa shape index (κ2) is 5.89. The molecule has 2 rings (SSSR count). The summed E-state index contributed by atoms with van der Waals surface area (Å²) in [6.07, 6.45) is 8.46. The van der Waals surface area contributed by atoms with Crippen LogP contribution in [0.3, 0.4) is 0 Å². The zero-order valence-electron chi connectivity index (χ0n) is 10.7. The Hall–Kier alpha value is -1.25. The maximum absolute atomic E-state index is 12.1. The Balaban J connectivity index is 1.82. The van der Waals surface area contributed by atoms with Crippen LogP contribution in [0.5, 0.6) is 0 Å². The Morgan fingerprint density at radius 1 is 1.24 bits per heavy atom. The minimum atomic E-state index is 0.327. The first-order valence-corrected chi connectivity index (χ1v) is 6.65. The first-order valence-electron chi connectivity index (χ1n) is 6.65. The molecule has 0 aliphatic carbocycles. The highest BCUT2D eigenvalue weighted by molar-refractivity contribution is 5.76. The average molecular weight is 234 g/mol. The number of nitrogens with zero attached hydrogens (tertiary/aromatic N) is 2. The Kier molecular flexibility index (Phi) is 4.24. The van der Waals surface area contributed by atoms with Gasteiger partial charge >= 0.3 is 0 Å². The molecule has 1 amide bonds. The second-order valence-corrected chi connectivity index (χ2v) is 4.91. The van der Waals surface area contributed by atoms with Crippen molar-refractivity contribution in [2.24, 2.45) is 7.05 Å². The highest BCUT2D eigenvalue weighted by atomic mass is 16.2. The lowest BCUT2D eigenvalue weighted by Gasteiger charge is -2.20. The fourth-order valence-corrected chi connectivity index (χ4v) is 2.47. The predicted octanol–water partition coefficient (Wildman–Crippen LogP) is 2.36. The first-order chi connectivity index (χ1) is 8.27. The van der Waals surface area contributed by atoms with Gasteiger partial charge in [0.25, 0.3) is 0 Å². The van der Waals surface area contributed by atoms with Crippen LogP contribution < -0.4 is 0 Å². The van der Waals surface area contributed by atoms with E-state index in [1.54, 1.807) is 0 Å². The van der Waals surface area contributed by atoms with E-state index in [9.17, 15) is 4.79 Å². The minimum Gasteiger partial charge on any atom is -0.354 e. The predicted molar refractivity (Wildman–Crippen MR) is 68.8 cm³/mol. The van der Waals surface area contributed by atoms with Gasteiger partial charge in [-0.05, 0) is 31.4 Å². The van der Waals surface area contributed by atoms with Crippen LogP contribution >= 0.6 is 0 Å². The Bertz CT molecular complexity index is 362. The first kappa shape index (κ1) is 12.2.